The predicted molar refractivity (Wildman–Crippen MR) is 56.0 cm³/mol. The van der Waals surface area contributed by atoms with Crippen molar-refractivity contribution in [3.8, 4) is 5.75 Å². The third-order valence-corrected chi connectivity index (χ3v) is 2.07. The number of nitrogen functional groups attached to an aromatic ring is 1. The second-order valence-electron chi connectivity index (χ2n) is 3.31. The van der Waals surface area contributed by atoms with E-state index in [4.69, 9.17) is 16.2 Å². The molecule has 0 amide bonds. The van der Waals surface area contributed by atoms with Crippen LogP contribution >= 0.6 is 0 Å². The van der Waals surface area contributed by atoms with E-state index in [1.165, 1.54) is 7.11 Å². The summed E-state index contributed by atoms with van der Waals surface area (Å²) in [6.45, 7) is 1.74. The molecule has 2 atom stereocenters. The lowest BCUT2D eigenvalue weighted by Gasteiger charge is -2.18. The Labute approximate surface area is 83.5 Å². The molecule has 0 saturated heterocycles. The molecule has 4 nitrogen and oxygen atoms in total. The van der Waals surface area contributed by atoms with Crippen molar-refractivity contribution in [3.05, 3.63) is 23.8 Å². The van der Waals surface area contributed by atoms with E-state index in [-0.39, 0.29) is 6.04 Å². The zero-order chi connectivity index (χ0) is 10.7. The summed E-state index contributed by atoms with van der Waals surface area (Å²) in [5.74, 6) is 0.565. The first-order chi connectivity index (χ1) is 6.56. The van der Waals surface area contributed by atoms with Crippen LogP contribution in [0.15, 0.2) is 18.2 Å². The fourth-order valence-electron chi connectivity index (χ4n) is 1.26. The largest absolute Gasteiger partial charge is 0.496 e. The molecule has 2 unspecified atom stereocenters. The van der Waals surface area contributed by atoms with Crippen LogP contribution in [0.5, 0.6) is 5.75 Å². The van der Waals surface area contributed by atoms with Crippen LogP contribution in [0.25, 0.3) is 0 Å². The van der Waals surface area contributed by atoms with E-state index >= 15 is 0 Å². The molecule has 78 valence electrons. The normalized spacial score (nSPS) is 14.9. The molecule has 0 radical (unpaired) electrons. The first-order valence-electron chi connectivity index (χ1n) is 4.43. The minimum absolute atomic E-state index is 0.340. The lowest BCUT2D eigenvalue weighted by molar-refractivity contribution is 0.149. The van der Waals surface area contributed by atoms with Gasteiger partial charge in [-0.25, -0.2) is 0 Å². The second kappa shape index (κ2) is 4.30. The zero-order valence-electron chi connectivity index (χ0n) is 8.40. The maximum atomic E-state index is 9.75. The van der Waals surface area contributed by atoms with Gasteiger partial charge in [0.25, 0.3) is 0 Å². The number of rotatable bonds is 3. The topological polar surface area (TPSA) is 81.5 Å². The van der Waals surface area contributed by atoms with E-state index in [1.54, 1.807) is 25.1 Å². The Bertz CT molecular complexity index is 313. The van der Waals surface area contributed by atoms with Crippen molar-refractivity contribution in [2.45, 2.75) is 19.1 Å². The van der Waals surface area contributed by atoms with Gasteiger partial charge in [0.1, 0.15) is 5.75 Å². The average molecular weight is 196 g/mol. The van der Waals surface area contributed by atoms with Crippen LogP contribution < -0.4 is 16.2 Å². The molecule has 0 heterocycles. The number of aliphatic hydroxyl groups excluding tert-OH is 1. The molecule has 0 bridgehead atoms. The summed E-state index contributed by atoms with van der Waals surface area (Å²) in [6.07, 6.45) is -0.731. The van der Waals surface area contributed by atoms with Crippen LogP contribution in [-0.4, -0.2) is 18.3 Å². The molecule has 0 spiro atoms. The number of methoxy groups -OCH3 is 1. The highest BCUT2D eigenvalue weighted by molar-refractivity contribution is 5.49. The van der Waals surface area contributed by atoms with Crippen LogP contribution in [0.2, 0.25) is 0 Å². The number of hydrogen-bond donors (Lipinski definition) is 3. The molecular weight excluding hydrogens is 180 g/mol. The van der Waals surface area contributed by atoms with E-state index in [0.29, 0.717) is 17.0 Å². The molecule has 0 aliphatic rings. The highest BCUT2D eigenvalue weighted by atomic mass is 16.5. The first-order valence-corrected chi connectivity index (χ1v) is 4.43. The van der Waals surface area contributed by atoms with E-state index in [0.717, 1.165) is 0 Å². The number of anilines is 1. The van der Waals surface area contributed by atoms with Gasteiger partial charge < -0.3 is 21.3 Å². The standard InChI is InChI=1S/C10H16N2O2/c1-6(11)10(13)8-4-3-7(12)5-9(8)14-2/h3-6,10,13H,11-12H2,1-2H3. The Balaban J connectivity index is 3.07. The highest BCUT2D eigenvalue weighted by Gasteiger charge is 2.16. The van der Waals surface area contributed by atoms with Gasteiger partial charge in [-0.3, -0.25) is 0 Å². The summed E-state index contributed by atoms with van der Waals surface area (Å²) < 4.78 is 5.10. The van der Waals surface area contributed by atoms with E-state index < -0.39 is 6.10 Å². The van der Waals surface area contributed by atoms with Gasteiger partial charge in [0, 0.05) is 23.4 Å². The van der Waals surface area contributed by atoms with E-state index in [1.807, 2.05) is 0 Å². The molecule has 0 aromatic heterocycles. The first kappa shape index (κ1) is 10.8. The van der Waals surface area contributed by atoms with Gasteiger partial charge in [0.15, 0.2) is 0 Å². The number of ether oxygens (including phenoxy) is 1. The van der Waals surface area contributed by atoms with Gasteiger partial charge in [-0.15, -0.1) is 0 Å². The molecule has 0 saturated carbocycles. The van der Waals surface area contributed by atoms with Gasteiger partial charge >= 0.3 is 0 Å². The fourth-order valence-corrected chi connectivity index (χ4v) is 1.26. The van der Waals surface area contributed by atoms with Gasteiger partial charge in [0.2, 0.25) is 0 Å². The summed E-state index contributed by atoms with van der Waals surface area (Å²) in [6, 6.07) is 4.76. The monoisotopic (exact) mass is 196 g/mol. The summed E-state index contributed by atoms with van der Waals surface area (Å²) in [7, 11) is 1.53. The second-order valence-corrected chi connectivity index (χ2v) is 3.31. The molecular formula is C10H16N2O2. The minimum Gasteiger partial charge on any atom is -0.496 e. The lowest BCUT2D eigenvalue weighted by Crippen LogP contribution is -2.24. The molecule has 14 heavy (non-hydrogen) atoms. The smallest absolute Gasteiger partial charge is 0.126 e. The Morgan fingerprint density at radius 1 is 1.43 bits per heavy atom. The van der Waals surface area contributed by atoms with Crippen molar-refractivity contribution in [2.75, 3.05) is 12.8 Å². The molecule has 4 heteroatoms. The van der Waals surface area contributed by atoms with Gasteiger partial charge in [0.05, 0.1) is 13.2 Å². The van der Waals surface area contributed by atoms with Crippen molar-refractivity contribution < 1.29 is 9.84 Å². The number of benzene rings is 1. The molecule has 5 N–H and O–H groups in total. The number of hydrogen-bond acceptors (Lipinski definition) is 4. The summed E-state index contributed by atoms with van der Waals surface area (Å²) >= 11 is 0. The third kappa shape index (κ3) is 2.16. The van der Waals surface area contributed by atoms with Crippen LogP contribution in [-0.2, 0) is 0 Å². The molecule has 1 aromatic carbocycles. The summed E-state index contributed by atoms with van der Waals surface area (Å²) in [5.41, 5.74) is 12.4. The van der Waals surface area contributed by atoms with E-state index in [2.05, 4.69) is 0 Å². The van der Waals surface area contributed by atoms with Crippen molar-refractivity contribution in [3.63, 3.8) is 0 Å². The van der Waals surface area contributed by atoms with Crippen LogP contribution in [0.4, 0.5) is 5.69 Å². The fraction of sp³-hybridized carbons (Fsp3) is 0.400. The number of aliphatic hydroxyl groups is 1. The minimum atomic E-state index is -0.731. The Morgan fingerprint density at radius 3 is 2.57 bits per heavy atom. The number of nitrogens with two attached hydrogens (primary N) is 2. The molecule has 0 fully saturated rings. The molecule has 0 aliphatic heterocycles. The predicted octanol–water partition coefficient (Wildman–Crippen LogP) is 0.658. The van der Waals surface area contributed by atoms with Crippen LogP contribution in [0.3, 0.4) is 0 Å². The third-order valence-electron chi connectivity index (χ3n) is 2.07. The Hall–Kier alpha value is -1.26. The molecule has 1 aromatic rings. The molecule has 0 aliphatic carbocycles. The summed E-state index contributed by atoms with van der Waals surface area (Å²) in [5, 5.41) is 9.75. The van der Waals surface area contributed by atoms with Crippen LogP contribution in [0, 0.1) is 0 Å². The average Bonchev–Trinajstić information content (AvgIpc) is 2.16. The molecule has 1 rings (SSSR count). The lowest BCUT2D eigenvalue weighted by atomic mass is 10.0. The van der Waals surface area contributed by atoms with Crippen molar-refractivity contribution in [2.24, 2.45) is 5.73 Å². The van der Waals surface area contributed by atoms with Crippen molar-refractivity contribution in [1.29, 1.82) is 0 Å². The highest BCUT2D eigenvalue weighted by Crippen LogP contribution is 2.28. The van der Waals surface area contributed by atoms with Crippen molar-refractivity contribution in [1.82, 2.24) is 0 Å². The van der Waals surface area contributed by atoms with E-state index in [9.17, 15) is 5.11 Å². The zero-order valence-corrected chi connectivity index (χ0v) is 8.40. The Kier molecular flexibility index (Phi) is 3.33. The van der Waals surface area contributed by atoms with Crippen LogP contribution in [0.1, 0.15) is 18.6 Å². The van der Waals surface area contributed by atoms with Gasteiger partial charge in [-0.05, 0) is 13.0 Å². The van der Waals surface area contributed by atoms with Gasteiger partial charge in [-0.1, -0.05) is 6.07 Å². The van der Waals surface area contributed by atoms with Gasteiger partial charge in [-0.2, -0.15) is 0 Å². The summed E-state index contributed by atoms with van der Waals surface area (Å²) in [4.78, 5) is 0. The SMILES string of the molecule is COc1cc(N)ccc1C(O)C(C)N. The Morgan fingerprint density at radius 2 is 2.07 bits per heavy atom. The quantitative estimate of drug-likeness (QED) is 0.620. The maximum absolute atomic E-state index is 9.75. The van der Waals surface area contributed by atoms with Crippen molar-refractivity contribution >= 4 is 5.69 Å². The maximum Gasteiger partial charge on any atom is 0.126 e.